The van der Waals surface area contributed by atoms with Gasteiger partial charge in [0.2, 0.25) is 0 Å². The molecule has 0 N–H and O–H groups in total. The Kier molecular flexibility index (Phi) is 6.90. The van der Waals surface area contributed by atoms with Crippen molar-refractivity contribution in [3.05, 3.63) is 75.1 Å². The van der Waals surface area contributed by atoms with Gasteiger partial charge in [0.1, 0.15) is 6.61 Å². The van der Waals surface area contributed by atoms with Crippen molar-refractivity contribution in [2.45, 2.75) is 6.54 Å². The van der Waals surface area contributed by atoms with E-state index < -0.39 is 5.91 Å². The van der Waals surface area contributed by atoms with Crippen LogP contribution in [0.3, 0.4) is 0 Å². The van der Waals surface area contributed by atoms with Gasteiger partial charge in [0.25, 0.3) is 11.1 Å². The molecule has 29 heavy (non-hydrogen) atoms. The maximum atomic E-state index is 12.8. The zero-order valence-corrected chi connectivity index (χ0v) is 17.8. The van der Waals surface area contributed by atoms with Gasteiger partial charge >= 0.3 is 0 Å². The topological polar surface area (TPSA) is 55.8 Å². The van der Waals surface area contributed by atoms with Gasteiger partial charge in [-0.25, -0.2) is 0 Å². The predicted octanol–water partition coefficient (Wildman–Crippen LogP) is 5.80. The zero-order chi connectivity index (χ0) is 21.0. The van der Waals surface area contributed by atoms with Crippen LogP contribution in [0.5, 0.6) is 11.5 Å². The fourth-order valence-electron chi connectivity index (χ4n) is 2.67. The van der Waals surface area contributed by atoms with E-state index >= 15 is 0 Å². The number of imide groups is 1. The second-order valence-electron chi connectivity index (χ2n) is 5.98. The Labute approximate surface area is 182 Å². The number of nitrogens with zero attached hydrogens (tertiary/aromatic N) is 1. The van der Waals surface area contributed by atoms with E-state index in [4.69, 9.17) is 32.7 Å². The molecule has 150 valence electrons. The van der Waals surface area contributed by atoms with Crippen LogP contribution in [0.25, 0.3) is 6.08 Å². The predicted molar refractivity (Wildman–Crippen MR) is 117 cm³/mol. The van der Waals surface area contributed by atoms with E-state index in [1.807, 2.05) is 0 Å². The highest BCUT2D eigenvalue weighted by Gasteiger charge is 2.35. The summed E-state index contributed by atoms with van der Waals surface area (Å²) < 4.78 is 10.9. The number of hydrogen-bond donors (Lipinski definition) is 0. The minimum atomic E-state index is -0.401. The second kappa shape index (κ2) is 9.39. The maximum absolute atomic E-state index is 12.8. The molecule has 1 aliphatic heterocycles. The molecule has 1 fully saturated rings. The fourth-order valence-corrected chi connectivity index (χ4v) is 4.03. The molecule has 0 aliphatic carbocycles. The van der Waals surface area contributed by atoms with Crippen LogP contribution in [0.4, 0.5) is 4.79 Å². The average Bonchev–Trinajstić information content (AvgIpc) is 2.96. The second-order valence-corrected chi connectivity index (χ2v) is 7.79. The molecule has 0 saturated carbocycles. The first-order valence-electron chi connectivity index (χ1n) is 8.54. The molecule has 5 nitrogen and oxygen atoms in total. The van der Waals surface area contributed by atoms with Crippen LogP contribution < -0.4 is 9.47 Å². The molecule has 2 aromatic carbocycles. The quantitative estimate of drug-likeness (QED) is 0.394. The largest absolute Gasteiger partial charge is 0.493 e. The number of methoxy groups -OCH3 is 1. The number of carbonyl (C=O) groups excluding carboxylic acids is 2. The van der Waals surface area contributed by atoms with Crippen molar-refractivity contribution in [3.63, 3.8) is 0 Å². The lowest BCUT2D eigenvalue weighted by molar-refractivity contribution is -0.123. The number of carbonyl (C=O) groups is 2. The van der Waals surface area contributed by atoms with Crippen molar-refractivity contribution >= 4 is 52.2 Å². The van der Waals surface area contributed by atoms with E-state index in [1.54, 1.807) is 48.6 Å². The Bertz CT molecular complexity index is 986. The molecule has 0 atom stereocenters. The van der Waals surface area contributed by atoms with Crippen LogP contribution in [0.15, 0.2) is 54.0 Å². The lowest BCUT2D eigenvalue weighted by atomic mass is 10.1. The van der Waals surface area contributed by atoms with Gasteiger partial charge in [0, 0.05) is 15.6 Å². The standard InChI is InChI=1S/C21H17Cl2NO4S/c1-3-9-28-17-8-7-13(10-18(17)27-2)11-19-20(25)24(21(26)29-19)12-14-15(22)5-4-6-16(14)23/h3-8,10-11H,1,9,12H2,2H3/b19-11-. The van der Waals surface area contributed by atoms with Gasteiger partial charge in [0.15, 0.2) is 11.5 Å². The van der Waals surface area contributed by atoms with E-state index in [2.05, 4.69) is 6.58 Å². The van der Waals surface area contributed by atoms with Crippen LogP contribution in [0.1, 0.15) is 11.1 Å². The molecule has 0 bridgehead atoms. The number of thioether (sulfide) groups is 1. The third kappa shape index (κ3) is 4.78. The molecule has 0 aromatic heterocycles. The first-order chi connectivity index (χ1) is 13.9. The average molecular weight is 450 g/mol. The summed E-state index contributed by atoms with van der Waals surface area (Å²) in [6.07, 6.45) is 3.27. The first-order valence-corrected chi connectivity index (χ1v) is 10.1. The molecule has 0 unspecified atom stereocenters. The van der Waals surface area contributed by atoms with Crippen LogP contribution >= 0.6 is 35.0 Å². The first kappa shape index (κ1) is 21.3. The Balaban J connectivity index is 1.83. The van der Waals surface area contributed by atoms with Gasteiger partial charge < -0.3 is 9.47 Å². The van der Waals surface area contributed by atoms with Crippen LogP contribution in [0, 0.1) is 0 Å². The highest BCUT2D eigenvalue weighted by Crippen LogP contribution is 2.36. The molecule has 1 saturated heterocycles. The monoisotopic (exact) mass is 449 g/mol. The van der Waals surface area contributed by atoms with Crippen LogP contribution in [-0.2, 0) is 11.3 Å². The minimum Gasteiger partial charge on any atom is -0.493 e. The molecule has 1 aliphatic rings. The van der Waals surface area contributed by atoms with Crippen molar-refractivity contribution in [3.8, 4) is 11.5 Å². The summed E-state index contributed by atoms with van der Waals surface area (Å²) in [5, 5.41) is 0.427. The Morgan fingerprint density at radius 2 is 1.86 bits per heavy atom. The Hall–Kier alpha value is -2.41. The highest BCUT2D eigenvalue weighted by molar-refractivity contribution is 8.18. The van der Waals surface area contributed by atoms with E-state index in [0.29, 0.717) is 44.2 Å². The van der Waals surface area contributed by atoms with Gasteiger partial charge in [-0.1, -0.05) is 48.0 Å². The minimum absolute atomic E-state index is 0.0121. The van der Waals surface area contributed by atoms with Crippen molar-refractivity contribution in [2.75, 3.05) is 13.7 Å². The number of hydrogen-bond acceptors (Lipinski definition) is 5. The highest BCUT2D eigenvalue weighted by atomic mass is 35.5. The molecule has 0 spiro atoms. The normalized spacial score (nSPS) is 15.1. The zero-order valence-electron chi connectivity index (χ0n) is 15.5. The van der Waals surface area contributed by atoms with E-state index in [-0.39, 0.29) is 11.8 Å². The molecule has 3 rings (SSSR count). The van der Waals surface area contributed by atoms with Crippen molar-refractivity contribution < 1.29 is 19.1 Å². The number of rotatable bonds is 7. The Morgan fingerprint density at radius 3 is 2.52 bits per heavy atom. The molecule has 8 heteroatoms. The van der Waals surface area contributed by atoms with Gasteiger partial charge in [-0.2, -0.15) is 0 Å². The summed E-state index contributed by atoms with van der Waals surface area (Å²) in [5.74, 6) is 0.677. The van der Waals surface area contributed by atoms with Gasteiger partial charge in [-0.05, 0) is 47.7 Å². The van der Waals surface area contributed by atoms with Crippen molar-refractivity contribution in [1.29, 1.82) is 0 Å². The summed E-state index contributed by atoms with van der Waals surface area (Å²) >= 11 is 13.2. The summed E-state index contributed by atoms with van der Waals surface area (Å²) in [6, 6.07) is 10.3. The third-order valence-corrected chi connectivity index (χ3v) is 5.71. The number of ether oxygens (including phenoxy) is 2. The lowest BCUT2D eigenvalue weighted by Gasteiger charge is -2.14. The van der Waals surface area contributed by atoms with Gasteiger partial charge in [-0.3, -0.25) is 14.5 Å². The fraction of sp³-hybridized carbons (Fsp3) is 0.143. The summed E-state index contributed by atoms with van der Waals surface area (Å²) in [6.45, 7) is 3.97. The molecular formula is C21H17Cl2NO4S. The van der Waals surface area contributed by atoms with Crippen molar-refractivity contribution in [2.24, 2.45) is 0 Å². The van der Waals surface area contributed by atoms with E-state index in [1.165, 1.54) is 7.11 Å². The Morgan fingerprint density at radius 1 is 1.14 bits per heavy atom. The summed E-state index contributed by atoms with van der Waals surface area (Å²) in [4.78, 5) is 26.6. The van der Waals surface area contributed by atoms with E-state index in [0.717, 1.165) is 16.7 Å². The number of benzene rings is 2. The smallest absolute Gasteiger partial charge is 0.293 e. The third-order valence-electron chi connectivity index (χ3n) is 4.09. The van der Waals surface area contributed by atoms with Crippen LogP contribution in [0.2, 0.25) is 10.0 Å². The number of halogens is 2. The molecule has 2 aromatic rings. The maximum Gasteiger partial charge on any atom is 0.293 e. The SMILES string of the molecule is C=CCOc1ccc(/C=C2\SC(=O)N(Cc3c(Cl)cccc3Cl)C2=O)cc1OC. The molecular weight excluding hydrogens is 433 g/mol. The van der Waals surface area contributed by atoms with Gasteiger partial charge in [-0.15, -0.1) is 0 Å². The van der Waals surface area contributed by atoms with Crippen LogP contribution in [-0.4, -0.2) is 29.8 Å². The van der Waals surface area contributed by atoms with Crippen molar-refractivity contribution in [1.82, 2.24) is 4.90 Å². The summed E-state index contributed by atoms with van der Waals surface area (Å²) in [5.41, 5.74) is 1.24. The number of amides is 2. The van der Waals surface area contributed by atoms with Gasteiger partial charge in [0.05, 0.1) is 18.6 Å². The molecule has 1 heterocycles. The molecule has 2 amide bonds. The molecule has 0 radical (unpaired) electrons. The summed E-state index contributed by atoms with van der Waals surface area (Å²) in [7, 11) is 1.53. The van der Waals surface area contributed by atoms with E-state index in [9.17, 15) is 9.59 Å². The lowest BCUT2D eigenvalue weighted by Crippen LogP contribution is -2.27.